The molecular weight excluding hydrogens is 276 g/mol. The van der Waals surface area contributed by atoms with Crippen LogP contribution in [-0.2, 0) is 14.3 Å². The monoisotopic (exact) mass is 304 g/mol. The molecule has 0 aromatic rings. The molecule has 0 saturated carbocycles. The third-order valence-corrected chi connectivity index (χ3v) is 4.08. The Kier molecular flexibility index (Phi) is 7.59. The lowest BCUT2D eigenvalue weighted by Gasteiger charge is -2.40. The van der Waals surface area contributed by atoms with Crippen molar-refractivity contribution < 1.29 is 29.6 Å². The molecule has 124 valence electrons. The quantitative estimate of drug-likeness (QED) is 0.603. The molecule has 6 heteroatoms. The van der Waals surface area contributed by atoms with Gasteiger partial charge in [0.25, 0.3) is 0 Å². The zero-order valence-corrected chi connectivity index (χ0v) is 13.1. The second-order valence-corrected chi connectivity index (χ2v) is 5.78. The maximum Gasteiger partial charge on any atom is 0.311 e. The van der Waals surface area contributed by atoms with E-state index in [2.05, 4.69) is 0 Å². The predicted octanol–water partition coefficient (Wildman–Crippen LogP) is 0.821. The van der Waals surface area contributed by atoms with Crippen molar-refractivity contribution in [1.82, 2.24) is 0 Å². The Morgan fingerprint density at radius 2 is 1.76 bits per heavy atom. The lowest BCUT2D eigenvalue weighted by molar-refractivity contribution is -0.281. The molecule has 0 aromatic heterocycles. The summed E-state index contributed by atoms with van der Waals surface area (Å²) >= 11 is 0. The van der Waals surface area contributed by atoms with Crippen LogP contribution >= 0.6 is 0 Å². The molecule has 0 amide bonds. The van der Waals surface area contributed by atoms with Crippen LogP contribution in [0.15, 0.2) is 0 Å². The fourth-order valence-corrected chi connectivity index (χ4v) is 2.66. The molecule has 1 rings (SSSR count). The Morgan fingerprint density at radius 1 is 1.19 bits per heavy atom. The van der Waals surface area contributed by atoms with Crippen LogP contribution in [0.25, 0.3) is 0 Å². The lowest BCUT2D eigenvalue weighted by Crippen LogP contribution is -2.56. The summed E-state index contributed by atoms with van der Waals surface area (Å²) in [7, 11) is 0. The van der Waals surface area contributed by atoms with E-state index in [9.17, 15) is 20.1 Å². The number of aliphatic hydroxyl groups excluding tert-OH is 3. The van der Waals surface area contributed by atoms with E-state index in [1.54, 1.807) is 6.92 Å². The minimum absolute atomic E-state index is 0.222. The van der Waals surface area contributed by atoms with Crippen molar-refractivity contribution in [3.8, 4) is 0 Å². The van der Waals surface area contributed by atoms with Crippen LogP contribution in [0.3, 0.4) is 0 Å². The first kappa shape index (κ1) is 18.4. The molecule has 0 bridgehead atoms. The SMILES string of the molecule is CCCC(CCC)C(=O)O[C@H]1O[C@H](CO)[C@@H](C)[C@H](O)[C@H]1O. The van der Waals surface area contributed by atoms with E-state index in [1.807, 2.05) is 13.8 Å². The Hall–Kier alpha value is -0.690. The number of carbonyl (C=O) groups is 1. The summed E-state index contributed by atoms with van der Waals surface area (Å²) in [6.07, 6.45) is -1.09. The van der Waals surface area contributed by atoms with Crippen LogP contribution in [0, 0.1) is 11.8 Å². The summed E-state index contributed by atoms with van der Waals surface area (Å²) < 4.78 is 10.6. The van der Waals surface area contributed by atoms with E-state index in [4.69, 9.17) is 9.47 Å². The van der Waals surface area contributed by atoms with Crippen molar-refractivity contribution in [3.05, 3.63) is 0 Å². The first-order chi connectivity index (χ1) is 9.96. The minimum atomic E-state index is -1.30. The van der Waals surface area contributed by atoms with Crippen LogP contribution in [0.4, 0.5) is 0 Å². The molecule has 0 aliphatic carbocycles. The predicted molar refractivity (Wildman–Crippen MR) is 76.3 cm³/mol. The highest BCUT2D eigenvalue weighted by molar-refractivity contribution is 5.72. The van der Waals surface area contributed by atoms with Gasteiger partial charge in [0.2, 0.25) is 6.29 Å². The van der Waals surface area contributed by atoms with Crippen molar-refractivity contribution in [2.45, 2.75) is 71.1 Å². The molecule has 0 spiro atoms. The number of carbonyl (C=O) groups excluding carboxylic acids is 1. The van der Waals surface area contributed by atoms with E-state index in [0.29, 0.717) is 0 Å². The number of esters is 1. The van der Waals surface area contributed by atoms with E-state index < -0.39 is 36.5 Å². The van der Waals surface area contributed by atoms with Gasteiger partial charge in [0.05, 0.1) is 24.7 Å². The maximum absolute atomic E-state index is 12.2. The fourth-order valence-electron chi connectivity index (χ4n) is 2.66. The van der Waals surface area contributed by atoms with Gasteiger partial charge in [-0.3, -0.25) is 4.79 Å². The van der Waals surface area contributed by atoms with Gasteiger partial charge in [-0.15, -0.1) is 0 Å². The smallest absolute Gasteiger partial charge is 0.311 e. The van der Waals surface area contributed by atoms with Gasteiger partial charge in [-0.1, -0.05) is 33.6 Å². The van der Waals surface area contributed by atoms with E-state index in [1.165, 1.54) is 0 Å². The third-order valence-electron chi connectivity index (χ3n) is 4.08. The average Bonchev–Trinajstić information content (AvgIpc) is 2.47. The second-order valence-electron chi connectivity index (χ2n) is 5.78. The van der Waals surface area contributed by atoms with Gasteiger partial charge < -0.3 is 24.8 Å². The maximum atomic E-state index is 12.2. The topological polar surface area (TPSA) is 96.2 Å². The van der Waals surface area contributed by atoms with Gasteiger partial charge in [0.1, 0.15) is 6.10 Å². The van der Waals surface area contributed by atoms with E-state index >= 15 is 0 Å². The van der Waals surface area contributed by atoms with Gasteiger partial charge in [0.15, 0.2) is 0 Å². The molecule has 1 fully saturated rings. The average molecular weight is 304 g/mol. The number of rotatable bonds is 7. The van der Waals surface area contributed by atoms with Crippen LogP contribution in [0.1, 0.15) is 46.5 Å². The standard InChI is InChI=1S/C15H28O6/c1-4-6-10(7-5-2)14(19)21-15-13(18)12(17)9(3)11(8-16)20-15/h9-13,15-18H,4-8H2,1-3H3/t9-,11-,12+,13-,15-/m1/s1. The second kappa shape index (κ2) is 8.68. The molecule has 0 aromatic carbocycles. The van der Waals surface area contributed by atoms with Crippen molar-refractivity contribution in [2.75, 3.05) is 6.61 Å². The minimum Gasteiger partial charge on any atom is -0.433 e. The van der Waals surface area contributed by atoms with Crippen molar-refractivity contribution >= 4 is 5.97 Å². The molecular formula is C15H28O6. The summed E-state index contributed by atoms with van der Waals surface area (Å²) in [5.41, 5.74) is 0. The Bertz CT molecular complexity index is 313. The summed E-state index contributed by atoms with van der Waals surface area (Å²) in [4.78, 5) is 12.2. The molecule has 0 unspecified atom stereocenters. The van der Waals surface area contributed by atoms with Crippen molar-refractivity contribution in [3.63, 3.8) is 0 Å². The van der Waals surface area contributed by atoms with Crippen molar-refractivity contribution in [2.24, 2.45) is 11.8 Å². The van der Waals surface area contributed by atoms with Crippen LogP contribution in [0.5, 0.6) is 0 Å². The highest BCUT2D eigenvalue weighted by Crippen LogP contribution is 2.27. The molecule has 6 nitrogen and oxygen atoms in total. The summed E-state index contributed by atoms with van der Waals surface area (Å²) in [5, 5.41) is 29.2. The highest BCUT2D eigenvalue weighted by atomic mass is 16.7. The lowest BCUT2D eigenvalue weighted by atomic mass is 9.91. The largest absolute Gasteiger partial charge is 0.433 e. The molecule has 1 saturated heterocycles. The Balaban J connectivity index is 2.68. The molecule has 0 radical (unpaired) electrons. The van der Waals surface area contributed by atoms with Crippen LogP contribution < -0.4 is 0 Å². The number of hydrogen-bond donors (Lipinski definition) is 3. The van der Waals surface area contributed by atoms with E-state index in [0.717, 1.165) is 25.7 Å². The number of aliphatic hydroxyl groups is 3. The molecule has 21 heavy (non-hydrogen) atoms. The molecule has 5 atom stereocenters. The molecule has 3 N–H and O–H groups in total. The number of ether oxygens (including phenoxy) is 2. The zero-order valence-electron chi connectivity index (χ0n) is 13.1. The van der Waals surface area contributed by atoms with Crippen molar-refractivity contribution in [1.29, 1.82) is 0 Å². The van der Waals surface area contributed by atoms with Gasteiger partial charge in [-0.05, 0) is 12.8 Å². The molecule has 1 aliphatic heterocycles. The molecule has 1 aliphatic rings. The van der Waals surface area contributed by atoms with Gasteiger partial charge in [0, 0.05) is 5.92 Å². The Labute approximate surface area is 126 Å². The van der Waals surface area contributed by atoms with Crippen LogP contribution in [0.2, 0.25) is 0 Å². The fraction of sp³-hybridized carbons (Fsp3) is 0.933. The number of hydrogen-bond acceptors (Lipinski definition) is 6. The molecule has 1 heterocycles. The first-order valence-electron chi connectivity index (χ1n) is 7.79. The van der Waals surface area contributed by atoms with Crippen LogP contribution in [-0.4, -0.2) is 52.5 Å². The normalized spacial score (nSPS) is 33.2. The summed E-state index contributed by atoms with van der Waals surface area (Å²) in [6.45, 7) is 5.36. The van der Waals surface area contributed by atoms with Gasteiger partial charge >= 0.3 is 5.97 Å². The van der Waals surface area contributed by atoms with Gasteiger partial charge in [-0.25, -0.2) is 0 Å². The summed E-state index contributed by atoms with van der Waals surface area (Å²) in [5.74, 6) is -1.07. The zero-order chi connectivity index (χ0) is 16.0. The first-order valence-corrected chi connectivity index (χ1v) is 7.79. The van der Waals surface area contributed by atoms with Gasteiger partial charge in [-0.2, -0.15) is 0 Å². The van der Waals surface area contributed by atoms with E-state index in [-0.39, 0.29) is 12.5 Å². The summed E-state index contributed by atoms with van der Waals surface area (Å²) in [6, 6.07) is 0. The Morgan fingerprint density at radius 3 is 2.24 bits per heavy atom. The highest BCUT2D eigenvalue weighted by Gasteiger charge is 2.44. The third kappa shape index (κ3) is 4.64.